The maximum absolute atomic E-state index is 5.78. The van der Waals surface area contributed by atoms with Crippen molar-refractivity contribution >= 4 is 24.0 Å². The van der Waals surface area contributed by atoms with Gasteiger partial charge in [0.05, 0.1) is 6.61 Å². The summed E-state index contributed by atoms with van der Waals surface area (Å²) in [6, 6.07) is 7.26. The maximum atomic E-state index is 5.78. The Morgan fingerprint density at radius 3 is 2.82 bits per heavy atom. The van der Waals surface area contributed by atoms with Crippen molar-refractivity contribution in [1.29, 1.82) is 0 Å². The molecule has 17 heavy (non-hydrogen) atoms. The molecule has 0 aliphatic carbocycles. The van der Waals surface area contributed by atoms with Crippen LogP contribution in [0.2, 0.25) is 5.02 Å². The van der Waals surface area contributed by atoms with Gasteiger partial charge in [-0.2, -0.15) is 4.99 Å². The fourth-order valence-corrected chi connectivity index (χ4v) is 1.26. The van der Waals surface area contributed by atoms with Crippen molar-refractivity contribution in [3.63, 3.8) is 0 Å². The normalized spacial score (nSPS) is 10.9. The van der Waals surface area contributed by atoms with Crippen molar-refractivity contribution in [3.8, 4) is 11.5 Å². The summed E-state index contributed by atoms with van der Waals surface area (Å²) >= 11 is 5.78. The van der Waals surface area contributed by atoms with E-state index in [-0.39, 0.29) is 6.01 Å². The second-order valence-corrected chi connectivity index (χ2v) is 3.52. The average Bonchev–Trinajstić information content (AvgIpc) is 2.79. The summed E-state index contributed by atoms with van der Waals surface area (Å²) < 4.78 is 10.2. The van der Waals surface area contributed by atoms with Gasteiger partial charge in [-0.25, -0.2) is 0 Å². The molecule has 2 rings (SSSR count). The molecule has 5 nitrogen and oxygen atoms in total. The lowest BCUT2D eigenvalue weighted by molar-refractivity contribution is 0.343. The van der Waals surface area contributed by atoms with Crippen LogP contribution in [0.1, 0.15) is 6.92 Å². The molecule has 1 aromatic carbocycles. The van der Waals surface area contributed by atoms with Gasteiger partial charge in [0.25, 0.3) is 0 Å². The Labute approximate surface area is 103 Å². The van der Waals surface area contributed by atoms with Gasteiger partial charge in [-0.15, -0.1) is 5.10 Å². The summed E-state index contributed by atoms with van der Waals surface area (Å²) in [6.07, 6.45) is 1.28. The van der Waals surface area contributed by atoms with E-state index in [9.17, 15) is 0 Å². The molecule has 0 unspecified atom stereocenters. The fraction of sp³-hybridized carbons (Fsp3) is 0.182. The number of aromatic nitrogens is 2. The number of benzene rings is 1. The van der Waals surface area contributed by atoms with Gasteiger partial charge in [0, 0.05) is 10.6 Å². The molecule has 0 N–H and O–H groups in total. The van der Waals surface area contributed by atoms with E-state index in [1.165, 1.54) is 6.40 Å². The number of rotatable bonds is 4. The minimum absolute atomic E-state index is 0.156. The van der Waals surface area contributed by atoms with Crippen LogP contribution in [0.5, 0.6) is 0 Å². The lowest BCUT2D eigenvalue weighted by atomic mass is 10.2. The van der Waals surface area contributed by atoms with Crippen LogP contribution in [0.3, 0.4) is 0 Å². The molecular formula is C11H10ClN3O2. The SMILES string of the molecule is CCOC=Nc1nnc(-c2ccc(Cl)cc2)o1. The minimum Gasteiger partial charge on any atom is -0.483 e. The van der Waals surface area contributed by atoms with Gasteiger partial charge in [0.1, 0.15) is 0 Å². The molecule has 0 spiro atoms. The fourth-order valence-electron chi connectivity index (χ4n) is 1.13. The van der Waals surface area contributed by atoms with Gasteiger partial charge >= 0.3 is 6.01 Å². The van der Waals surface area contributed by atoms with E-state index in [2.05, 4.69) is 15.2 Å². The number of aliphatic imine (C=N–C) groups is 1. The summed E-state index contributed by atoms with van der Waals surface area (Å²) in [5.41, 5.74) is 0.791. The van der Waals surface area contributed by atoms with E-state index in [1.807, 2.05) is 6.92 Å². The zero-order valence-corrected chi connectivity index (χ0v) is 9.89. The maximum Gasteiger partial charge on any atom is 0.345 e. The van der Waals surface area contributed by atoms with Gasteiger partial charge < -0.3 is 9.15 Å². The largest absolute Gasteiger partial charge is 0.483 e. The summed E-state index contributed by atoms with van der Waals surface area (Å²) in [4.78, 5) is 3.85. The quantitative estimate of drug-likeness (QED) is 0.619. The standard InChI is InChI=1S/C11H10ClN3O2/c1-2-16-7-13-11-15-14-10(17-11)8-3-5-9(12)6-4-8/h3-7H,2H2,1H3. The van der Waals surface area contributed by atoms with Crippen LogP contribution in [-0.4, -0.2) is 23.2 Å². The third kappa shape index (κ3) is 3.04. The predicted octanol–water partition coefficient (Wildman–Crippen LogP) is 3.09. The van der Waals surface area contributed by atoms with Crippen LogP contribution in [0, 0.1) is 0 Å². The first-order valence-corrected chi connectivity index (χ1v) is 5.41. The molecule has 2 aromatic rings. The highest BCUT2D eigenvalue weighted by Gasteiger charge is 2.06. The molecular weight excluding hydrogens is 242 g/mol. The molecule has 0 aliphatic heterocycles. The molecule has 0 amide bonds. The second-order valence-electron chi connectivity index (χ2n) is 3.09. The Bertz CT molecular complexity index is 508. The van der Waals surface area contributed by atoms with E-state index in [0.29, 0.717) is 17.5 Å². The van der Waals surface area contributed by atoms with Gasteiger partial charge in [0.15, 0.2) is 6.40 Å². The van der Waals surface area contributed by atoms with E-state index in [1.54, 1.807) is 24.3 Å². The van der Waals surface area contributed by atoms with Gasteiger partial charge in [-0.1, -0.05) is 16.7 Å². The van der Waals surface area contributed by atoms with E-state index in [0.717, 1.165) is 5.56 Å². The van der Waals surface area contributed by atoms with E-state index < -0.39 is 0 Å². The van der Waals surface area contributed by atoms with Crippen LogP contribution in [0.15, 0.2) is 33.7 Å². The molecule has 0 aliphatic rings. The molecule has 0 bridgehead atoms. The Hall–Kier alpha value is -1.88. The van der Waals surface area contributed by atoms with Crippen molar-refractivity contribution in [1.82, 2.24) is 10.2 Å². The number of hydrogen-bond acceptors (Lipinski definition) is 5. The van der Waals surface area contributed by atoms with Gasteiger partial charge in [-0.05, 0) is 31.2 Å². The average molecular weight is 252 g/mol. The Balaban J connectivity index is 2.15. The van der Waals surface area contributed by atoms with Crippen molar-refractivity contribution in [2.24, 2.45) is 4.99 Å². The molecule has 0 fully saturated rings. The van der Waals surface area contributed by atoms with Crippen molar-refractivity contribution in [2.45, 2.75) is 6.92 Å². The molecule has 1 aromatic heterocycles. The molecule has 0 radical (unpaired) electrons. The lowest BCUT2D eigenvalue weighted by Crippen LogP contribution is -1.83. The smallest absolute Gasteiger partial charge is 0.345 e. The Kier molecular flexibility index (Phi) is 3.72. The van der Waals surface area contributed by atoms with Crippen LogP contribution in [0.25, 0.3) is 11.5 Å². The molecule has 6 heteroatoms. The molecule has 88 valence electrons. The molecule has 1 heterocycles. The molecule has 0 saturated heterocycles. The van der Waals surface area contributed by atoms with Crippen molar-refractivity contribution < 1.29 is 9.15 Å². The highest BCUT2D eigenvalue weighted by Crippen LogP contribution is 2.22. The van der Waals surface area contributed by atoms with Crippen LogP contribution >= 0.6 is 11.6 Å². The van der Waals surface area contributed by atoms with Gasteiger partial charge in [-0.3, -0.25) is 0 Å². The lowest BCUT2D eigenvalue weighted by Gasteiger charge is -1.93. The Morgan fingerprint density at radius 1 is 1.35 bits per heavy atom. The number of halogens is 1. The number of nitrogens with zero attached hydrogens (tertiary/aromatic N) is 3. The number of ether oxygens (including phenoxy) is 1. The monoisotopic (exact) mass is 251 g/mol. The highest BCUT2D eigenvalue weighted by atomic mass is 35.5. The van der Waals surface area contributed by atoms with Gasteiger partial charge in [0.2, 0.25) is 5.89 Å². The van der Waals surface area contributed by atoms with Crippen molar-refractivity contribution in [2.75, 3.05) is 6.61 Å². The first kappa shape index (κ1) is 11.6. The predicted molar refractivity (Wildman–Crippen MR) is 64.5 cm³/mol. The minimum atomic E-state index is 0.156. The van der Waals surface area contributed by atoms with Crippen molar-refractivity contribution in [3.05, 3.63) is 29.3 Å². The zero-order valence-electron chi connectivity index (χ0n) is 9.13. The van der Waals surface area contributed by atoms with E-state index >= 15 is 0 Å². The zero-order chi connectivity index (χ0) is 12.1. The third-order valence-corrected chi connectivity index (χ3v) is 2.16. The van der Waals surface area contributed by atoms with Crippen LogP contribution in [-0.2, 0) is 4.74 Å². The third-order valence-electron chi connectivity index (χ3n) is 1.91. The summed E-state index contributed by atoms with van der Waals surface area (Å²) in [6.45, 7) is 2.40. The molecule has 0 saturated carbocycles. The topological polar surface area (TPSA) is 60.5 Å². The van der Waals surface area contributed by atoms with Crippen LogP contribution < -0.4 is 0 Å². The second kappa shape index (κ2) is 5.45. The van der Waals surface area contributed by atoms with E-state index in [4.69, 9.17) is 20.8 Å². The first-order chi connectivity index (χ1) is 8.29. The summed E-state index contributed by atoms with van der Waals surface area (Å²) in [7, 11) is 0. The first-order valence-electron chi connectivity index (χ1n) is 5.03. The summed E-state index contributed by atoms with van der Waals surface area (Å²) in [5, 5.41) is 8.28. The Morgan fingerprint density at radius 2 is 2.12 bits per heavy atom. The highest BCUT2D eigenvalue weighted by molar-refractivity contribution is 6.30. The summed E-state index contributed by atoms with van der Waals surface area (Å²) in [5.74, 6) is 0.394. The molecule has 0 atom stereocenters. The number of hydrogen-bond donors (Lipinski definition) is 0. The van der Waals surface area contributed by atoms with Crippen LogP contribution in [0.4, 0.5) is 6.01 Å².